The van der Waals surface area contributed by atoms with Crippen LogP contribution in [0.5, 0.6) is 0 Å². The molecule has 0 N–H and O–H groups in total. The Hall–Kier alpha value is -2.67. The first kappa shape index (κ1) is 15.8. The van der Waals surface area contributed by atoms with Crippen LogP contribution in [0.1, 0.15) is 31.2 Å². The van der Waals surface area contributed by atoms with Gasteiger partial charge in [-0.15, -0.1) is 0 Å². The fraction of sp³-hybridized carbons (Fsp3) is 0.167. The van der Waals surface area contributed by atoms with Gasteiger partial charge in [0, 0.05) is 11.5 Å². The number of rotatable bonds is 3. The van der Waals surface area contributed by atoms with E-state index in [1.807, 2.05) is 36.4 Å². The van der Waals surface area contributed by atoms with Crippen LogP contribution in [0.25, 0.3) is 11.1 Å². The third-order valence-corrected chi connectivity index (χ3v) is 5.06. The average molecular weight is 328 g/mol. The van der Waals surface area contributed by atoms with E-state index in [-0.39, 0.29) is 11.7 Å². The van der Waals surface area contributed by atoms with Crippen LogP contribution in [0.4, 0.5) is 4.39 Å². The summed E-state index contributed by atoms with van der Waals surface area (Å²) in [5.41, 5.74) is 6.56. The molecule has 2 aromatic carbocycles. The average Bonchev–Trinajstić information content (AvgIpc) is 2.95. The Morgan fingerprint density at radius 1 is 1.04 bits per heavy atom. The van der Waals surface area contributed by atoms with Crippen molar-refractivity contribution < 1.29 is 4.39 Å². The molecule has 1 unspecified atom stereocenters. The van der Waals surface area contributed by atoms with E-state index >= 15 is 0 Å². The third-order valence-electron chi connectivity index (χ3n) is 5.06. The van der Waals surface area contributed by atoms with Crippen LogP contribution in [0.15, 0.2) is 95.6 Å². The van der Waals surface area contributed by atoms with Gasteiger partial charge in [0.05, 0.1) is 0 Å². The molecule has 2 aliphatic rings. The lowest BCUT2D eigenvalue weighted by atomic mass is 9.85. The standard InChI is InChI=1S/C24H21F/c1-2-17-14-19-10-6-7-11-21(23(19)15-17)20-12-13-22(24(25)16-20)18-8-4-3-5-9-18/h3-10,12-16,21H,2,11H2,1H3. The van der Waals surface area contributed by atoms with Gasteiger partial charge in [-0.3, -0.25) is 0 Å². The van der Waals surface area contributed by atoms with Gasteiger partial charge in [0.2, 0.25) is 0 Å². The van der Waals surface area contributed by atoms with Crippen molar-refractivity contribution >= 4 is 0 Å². The van der Waals surface area contributed by atoms with Crippen LogP contribution in [0, 0.1) is 5.82 Å². The molecular formula is C24H21F. The van der Waals surface area contributed by atoms with Crippen LogP contribution < -0.4 is 0 Å². The number of benzene rings is 2. The topological polar surface area (TPSA) is 0 Å². The first-order valence-electron chi connectivity index (χ1n) is 8.90. The van der Waals surface area contributed by atoms with E-state index in [0.29, 0.717) is 5.56 Å². The summed E-state index contributed by atoms with van der Waals surface area (Å²) in [7, 11) is 0. The van der Waals surface area contributed by atoms with E-state index in [0.717, 1.165) is 24.0 Å². The molecule has 1 heteroatoms. The molecule has 1 atom stereocenters. The summed E-state index contributed by atoms with van der Waals surface area (Å²) >= 11 is 0. The van der Waals surface area contributed by atoms with Gasteiger partial charge in [0.1, 0.15) is 5.82 Å². The molecule has 0 radical (unpaired) electrons. The zero-order chi connectivity index (χ0) is 17.2. The van der Waals surface area contributed by atoms with Crippen LogP contribution in [0.2, 0.25) is 0 Å². The van der Waals surface area contributed by atoms with Gasteiger partial charge < -0.3 is 0 Å². The highest BCUT2D eigenvalue weighted by molar-refractivity contribution is 5.65. The molecule has 124 valence electrons. The minimum atomic E-state index is -0.148. The molecule has 0 aliphatic heterocycles. The van der Waals surface area contributed by atoms with Crippen molar-refractivity contribution in [3.8, 4) is 11.1 Å². The smallest absolute Gasteiger partial charge is 0.131 e. The van der Waals surface area contributed by atoms with Crippen molar-refractivity contribution in [2.24, 2.45) is 0 Å². The van der Waals surface area contributed by atoms with Crippen molar-refractivity contribution in [2.45, 2.75) is 25.7 Å². The van der Waals surface area contributed by atoms with Gasteiger partial charge in [0.25, 0.3) is 0 Å². The van der Waals surface area contributed by atoms with Crippen molar-refractivity contribution in [1.29, 1.82) is 0 Å². The fourth-order valence-electron chi connectivity index (χ4n) is 3.69. The molecule has 2 aliphatic carbocycles. The number of fused-ring (bicyclic) bond motifs is 1. The maximum Gasteiger partial charge on any atom is 0.131 e. The molecular weight excluding hydrogens is 307 g/mol. The maximum atomic E-state index is 14.8. The van der Waals surface area contributed by atoms with Crippen molar-refractivity contribution in [1.82, 2.24) is 0 Å². The van der Waals surface area contributed by atoms with Crippen molar-refractivity contribution in [3.63, 3.8) is 0 Å². The van der Waals surface area contributed by atoms with E-state index in [1.165, 1.54) is 16.7 Å². The summed E-state index contributed by atoms with van der Waals surface area (Å²) in [5, 5.41) is 0. The molecule has 0 amide bonds. The summed E-state index contributed by atoms with van der Waals surface area (Å²) in [6, 6.07) is 15.4. The first-order valence-corrected chi connectivity index (χ1v) is 8.90. The molecule has 25 heavy (non-hydrogen) atoms. The normalized spacial score (nSPS) is 19.0. The minimum Gasteiger partial charge on any atom is -0.206 e. The van der Waals surface area contributed by atoms with E-state index in [2.05, 4.69) is 43.4 Å². The second kappa shape index (κ2) is 6.68. The van der Waals surface area contributed by atoms with Gasteiger partial charge >= 0.3 is 0 Å². The summed E-state index contributed by atoms with van der Waals surface area (Å²) in [5.74, 6) is 0.0642. The predicted octanol–water partition coefficient (Wildman–Crippen LogP) is 6.74. The largest absolute Gasteiger partial charge is 0.206 e. The number of allylic oxidation sites excluding steroid dienone is 8. The Balaban J connectivity index is 1.72. The summed E-state index contributed by atoms with van der Waals surface area (Å²) in [6.07, 6.45) is 12.9. The van der Waals surface area contributed by atoms with Gasteiger partial charge in [-0.2, -0.15) is 0 Å². The second-order valence-electron chi connectivity index (χ2n) is 6.62. The van der Waals surface area contributed by atoms with E-state index < -0.39 is 0 Å². The molecule has 0 saturated carbocycles. The quantitative estimate of drug-likeness (QED) is 0.585. The molecule has 0 spiro atoms. The Labute approximate surface area is 148 Å². The lowest BCUT2D eigenvalue weighted by Gasteiger charge is -2.19. The number of hydrogen-bond donors (Lipinski definition) is 0. The van der Waals surface area contributed by atoms with E-state index in [1.54, 1.807) is 6.07 Å². The lowest BCUT2D eigenvalue weighted by molar-refractivity contribution is 0.626. The third kappa shape index (κ3) is 3.02. The first-order chi connectivity index (χ1) is 12.3. The Bertz CT molecular complexity index is 910. The molecule has 0 fully saturated rings. The summed E-state index contributed by atoms with van der Waals surface area (Å²) in [4.78, 5) is 0. The van der Waals surface area contributed by atoms with Gasteiger partial charge in [-0.05, 0) is 46.8 Å². The van der Waals surface area contributed by atoms with Gasteiger partial charge in [-0.25, -0.2) is 4.39 Å². The molecule has 0 bridgehead atoms. The SMILES string of the molecule is CCC1=CC2=CC=CCC(c3ccc(-c4ccccc4)c(F)c3)C2=C1. The lowest BCUT2D eigenvalue weighted by Crippen LogP contribution is -2.02. The Morgan fingerprint density at radius 3 is 2.64 bits per heavy atom. The fourth-order valence-corrected chi connectivity index (χ4v) is 3.69. The molecule has 0 nitrogen and oxygen atoms in total. The van der Waals surface area contributed by atoms with E-state index in [4.69, 9.17) is 0 Å². The number of hydrogen-bond acceptors (Lipinski definition) is 0. The zero-order valence-electron chi connectivity index (χ0n) is 14.4. The summed E-state index contributed by atoms with van der Waals surface area (Å²) in [6.45, 7) is 2.17. The maximum absolute atomic E-state index is 14.8. The van der Waals surface area contributed by atoms with Crippen LogP contribution in [-0.4, -0.2) is 0 Å². The Morgan fingerprint density at radius 2 is 1.88 bits per heavy atom. The van der Waals surface area contributed by atoms with Crippen LogP contribution >= 0.6 is 0 Å². The predicted molar refractivity (Wildman–Crippen MR) is 103 cm³/mol. The Kier molecular flexibility index (Phi) is 4.23. The van der Waals surface area contributed by atoms with Gasteiger partial charge in [0.15, 0.2) is 0 Å². The highest BCUT2D eigenvalue weighted by Crippen LogP contribution is 2.41. The van der Waals surface area contributed by atoms with Crippen molar-refractivity contribution in [2.75, 3.05) is 0 Å². The molecule has 0 heterocycles. The highest BCUT2D eigenvalue weighted by atomic mass is 19.1. The minimum absolute atomic E-state index is 0.148. The van der Waals surface area contributed by atoms with Gasteiger partial charge in [-0.1, -0.05) is 79.8 Å². The second-order valence-corrected chi connectivity index (χ2v) is 6.62. The van der Waals surface area contributed by atoms with Crippen LogP contribution in [0.3, 0.4) is 0 Å². The monoisotopic (exact) mass is 328 g/mol. The van der Waals surface area contributed by atoms with Crippen molar-refractivity contribution in [3.05, 3.63) is 107 Å². The van der Waals surface area contributed by atoms with E-state index in [9.17, 15) is 4.39 Å². The molecule has 0 aromatic heterocycles. The molecule has 4 rings (SSSR count). The highest BCUT2D eigenvalue weighted by Gasteiger charge is 2.23. The number of halogens is 1. The zero-order valence-corrected chi connectivity index (χ0v) is 14.4. The van der Waals surface area contributed by atoms with Crippen LogP contribution in [-0.2, 0) is 0 Å². The molecule has 2 aromatic rings. The summed E-state index contributed by atoms with van der Waals surface area (Å²) < 4.78 is 14.8. The molecule has 0 saturated heterocycles.